The van der Waals surface area contributed by atoms with Gasteiger partial charge in [0.2, 0.25) is 0 Å². The summed E-state index contributed by atoms with van der Waals surface area (Å²) >= 11 is 0. The van der Waals surface area contributed by atoms with Crippen LogP contribution >= 0.6 is 0 Å². The summed E-state index contributed by atoms with van der Waals surface area (Å²) in [4.78, 5) is 27.8. The van der Waals surface area contributed by atoms with E-state index < -0.39 is 17.7 Å². The molecule has 0 radical (unpaired) electrons. The van der Waals surface area contributed by atoms with Crippen LogP contribution in [0.1, 0.15) is 43.9 Å². The Bertz CT molecular complexity index is 1130. The minimum atomic E-state index is -0.892. The SMILES string of the molecule is COc1ccc(C2/C(=C(/O)c3cccc(OCC(C)C)c3)C(=O)C(=O)N2CC2CCCO2)cc1O. The molecule has 0 bridgehead atoms. The van der Waals surface area contributed by atoms with Crippen molar-refractivity contribution >= 4 is 17.4 Å². The van der Waals surface area contributed by atoms with Gasteiger partial charge in [0.1, 0.15) is 11.5 Å². The molecule has 2 aromatic carbocycles. The molecule has 0 aromatic heterocycles. The molecule has 2 unspecified atom stereocenters. The number of aromatic hydroxyl groups is 1. The number of benzene rings is 2. The van der Waals surface area contributed by atoms with E-state index in [1.165, 1.54) is 18.1 Å². The number of phenolic OH excluding ortho intramolecular Hbond substituents is 1. The van der Waals surface area contributed by atoms with E-state index in [0.717, 1.165) is 12.8 Å². The Morgan fingerprint density at radius 2 is 2.00 bits per heavy atom. The maximum Gasteiger partial charge on any atom is 0.295 e. The first-order chi connectivity index (χ1) is 16.8. The Hall–Kier alpha value is -3.52. The van der Waals surface area contributed by atoms with E-state index in [4.69, 9.17) is 14.2 Å². The molecule has 0 aliphatic carbocycles. The summed E-state index contributed by atoms with van der Waals surface area (Å²) in [5, 5.41) is 21.7. The smallest absolute Gasteiger partial charge is 0.295 e. The Kier molecular flexibility index (Phi) is 7.31. The highest BCUT2D eigenvalue weighted by atomic mass is 16.5. The first kappa shape index (κ1) is 24.6. The number of Topliss-reactive ketones (excluding diaryl/α,β-unsaturated/α-hetero) is 1. The van der Waals surface area contributed by atoms with Gasteiger partial charge in [-0.2, -0.15) is 0 Å². The average Bonchev–Trinajstić information content (AvgIpc) is 3.45. The number of aliphatic hydroxyl groups excluding tert-OH is 1. The van der Waals surface area contributed by atoms with Gasteiger partial charge in [-0.25, -0.2) is 0 Å². The largest absolute Gasteiger partial charge is 0.507 e. The van der Waals surface area contributed by atoms with E-state index in [2.05, 4.69) is 0 Å². The lowest BCUT2D eigenvalue weighted by molar-refractivity contribution is -0.140. The van der Waals surface area contributed by atoms with Crippen molar-refractivity contribution in [1.82, 2.24) is 4.90 Å². The average molecular weight is 482 g/mol. The van der Waals surface area contributed by atoms with Gasteiger partial charge in [-0.3, -0.25) is 9.59 Å². The van der Waals surface area contributed by atoms with Gasteiger partial charge in [0, 0.05) is 18.7 Å². The molecule has 35 heavy (non-hydrogen) atoms. The van der Waals surface area contributed by atoms with E-state index in [-0.39, 0.29) is 35.5 Å². The lowest BCUT2D eigenvalue weighted by Crippen LogP contribution is -2.36. The zero-order valence-corrected chi connectivity index (χ0v) is 20.2. The Morgan fingerprint density at radius 3 is 2.66 bits per heavy atom. The Labute approximate surface area is 204 Å². The molecule has 2 fully saturated rings. The van der Waals surface area contributed by atoms with Gasteiger partial charge in [0.05, 0.1) is 31.4 Å². The van der Waals surface area contributed by atoms with Crippen LogP contribution in [0.2, 0.25) is 0 Å². The van der Waals surface area contributed by atoms with Crippen LogP contribution in [0.4, 0.5) is 0 Å². The first-order valence-electron chi connectivity index (χ1n) is 11.8. The lowest BCUT2D eigenvalue weighted by atomic mass is 9.94. The van der Waals surface area contributed by atoms with Crippen LogP contribution in [0.15, 0.2) is 48.0 Å². The molecule has 2 N–H and O–H groups in total. The third-order valence-electron chi connectivity index (χ3n) is 6.17. The molecule has 8 heteroatoms. The van der Waals surface area contributed by atoms with Crippen LogP contribution in [0.3, 0.4) is 0 Å². The van der Waals surface area contributed by atoms with Crippen LogP contribution in [-0.2, 0) is 14.3 Å². The maximum absolute atomic E-state index is 13.2. The van der Waals surface area contributed by atoms with Crippen LogP contribution in [0, 0.1) is 5.92 Å². The minimum Gasteiger partial charge on any atom is -0.507 e. The predicted molar refractivity (Wildman–Crippen MR) is 129 cm³/mol. The van der Waals surface area contributed by atoms with Gasteiger partial charge in [-0.1, -0.05) is 32.0 Å². The number of ether oxygens (including phenoxy) is 3. The van der Waals surface area contributed by atoms with Gasteiger partial charge in [-0.15, -0.1) is 0 Å². The van der Waals surface area contributed by atoms with Crippen molar-refractivity contribution < 1.29 is 34.0 Å². The molecule has 2 saturated heterocycles. The van der Waals surface area contributed by atoms with E-state index >= 15 is 0 Å². The molecule has 2 aromatic rings. The number of aliphatic hydroxyl groups is 1. The molecule has 2 heterocycles. The summed E-state index contributed by atoms with van der Waals surface area (Å²) in [6, 6.07) is 10.6. The van der Waals surface area contributed by atoms with Gasteiger partial charge < -0.3 is 29.3 Å². The second-order valence-corrected chi connectivity index (χ2v) is 9.25. The fraction of sp³-hybridized carbons (Fsp3) is 0.407. The summed E-state index contributed by atoms with van der Waals surface area (Å²) in [7, 11) is 1.44. The normalized spacial score (nSPS) is 21.7. The summed E-state index contributed by atoms with van der Waals surface area (Å²) in [5.74, 6) is -0.790. The van der Waals surface area contributed by atoms with Crippen molar-refractivity contribution in [3.63, 3.8) is 0 Å². The van der Waals surface area contributed by atoms with E-state index in [1.807, 2.05) is 13.8 Å². The quantitative estimate of drug-likeness (QED) is 0.333. The van der Waals surface area contributed by atoms with Crippen molar-refractivity contribution in [2.75, 3.05) is 26.9 Å². The van der Waals surface area contributed by atoms with Gasteiger partial charge in [0.15, 0.2) is 11.5 Å². The number of nitrogens with zero attached hydrogens (tertiary/aromatic N) is 1. The van der Waals surface area contributed by atoms with Gasteiger partial charge in [0.25, 0.3) is 11.7 Å². The molecule has 2 aliphatic rings. The number of carbonyl (C=O) groups excluding carboxylic acids is 2. The predicted octanol–water partition coefficient (Wildman–Crippen LogP) is 4.04. The zero-order chi connectivity index (χ0) is 25.1. The number of hydrogen-bond acceptors (Lipinski definition) is 7. The monoisotopic (exact) mass is 481 g/mol. The number of amides is 1. The topological polar surface area (TPSA) is 106 Å². The number of hydrogen-bond donors (Lipinski definition) is 2. The molecule has 2 aliphatic heterocycles. The Morgan fingerprint density at radius 1 is 1.20 bits per heavy atom. The molecule has 8 nitrogen and oxygen atoms in total. The van der Waals surface area contributed by atoms with Crippen molar-refractivity contribution in [1.29, 1.82) is 0 Å². The third-order valence-corrected chi connectivity index (χ3v) is 6.17. The minimum absolute atomic E-state index is 0.0430. The second kappa shape index (κ2) is 10.4. The highest BCUT2D eigenvalue weighted by Crippen LogP contribution is 2.42. The maximum atomic E-state index is 13.2. The molecular formula is C27H31NO7. The van der Waals surface area contributed by atoms with Crippen LogP contribution < -0.4 is 9.47 Å². The van der Waals surface area contributed by atoms with Crippen molar-refractivity contribution in [3.05, 3.63) is 59.2 Å². The zero-order valence-electron chi connectivity index (χ0n) is 20.2. The summed E-state index contributed by atoms with van der Waals surface area (Å²) in [5.41, 5.74) is 0.803. The first-order valence-corrected chi connectivity index (χ1v) is 11.8. The fourth-order valence-corrected chi connectivity index (χ4v) is 4.45. The Balaban J connectivity index is 1.79. The number of methoxy groups -OCH3 is 1. The number of ketones is 1. The number of rotatable bonds is 8. The second-order valence-electron chi connectivity index (χ2n) is 9.25. The van der Waals surface area contributed by atoms with Crippen molar-refractivity contribution in [2.24, 2.45) is 5.92 Å². The van der Waals surface area contributed by atoms with Gasteiger partial charge >= 0.3 is 0 Å². The third kappa shape index (κ3) is 5.12. The molecular weight excluding hydrogens is 450 g/mol. The summed E-state index contributed by atoms with van der Waals surface area (Å²) < 4.78 is 16.6. The van der Waals surface area contributed by atoms with Crippen LogP contribution in [0.25, 0.3) is 5.76 Å². The highest BCUT2D eigenvalue weighted by Gasteiger charge is 2.47. The van der Waals surface area contributed by atoms with Crippen molar-refractivity contribution in [2.45, 2.75) is 38.8 Å². The standard InChI is InChI=1S/C27H31NO7/c1-16(2)15-35-19-7-4-6-18(12-19)25(30)23-24(17-9-10-22(33-3)21(29)13-17)28(27(32)26(23)31)14-20-8-5-11-34-20/h4,6-7,9-10,12-13,16,20,24,29-30H,5,8,11,14-15H2,1-3H3/b25-23-. The highest BCUT2D eigenvalue weighted by molar-refractivity contribution is 6.46. The summed E-state index contributed by atoms with van der Waals surface area (Å²) in [6.07, 6.45) is 1.46. The number of phenols is 1. The molecule has 0 spiro atoms. The van der Waals surface area contributed by atoms with E-state index in [1.54, 1.807) is 36.4 Å². The summed E-state index contributed by atoms with van der Waals surface area (Å²) in [6.45, 7) is 5.37. The molecule has 2 atom stereocenters. The fourth-order valence-electron chi connectivity index (χ4n) is 4.45. The van der Waals surface area contributed by atoms with Crippen LogP contribution in [-0.4, -0.2) is 59.8 Å². The molecule has 1 amide bonds. The van der Waals surface area contributed by atoms with Gasteiger partial charge in [-0.05, 0) is 48.6 Å². The molecule has 4 rings (SSSR count). The lowest BCUT2D eigenvalue weighted by Gasteiger charge is -2.27. The molecule has 0 saturated carbocycles. The van der Waals surface area contributed by atoms with E-state index in [9.17, 15) is 19.8 Å². The van der Waals surface area contributed by atoms with Crippen molar-refractivity contribution in [3.8, 4) is 17.2 Å². The number of likely N-dealkylation sites (tertiary alicyclic amines) is 1. The molecule has 186 valence electrons. The number of carbonyl (C=O) groups is 2. The van der Waals surface area contributed by atoms with E-state index in [0.29, 0.717) is 36.0 Å². The van der Waals surface area contributed by atoms with Crippen LogP contribution in [0.5, 0.6) is 17.2 Å².